The Hall–Kier alpha value is -1.87. The molecule has 0 saturated carbocycles. The molecule has 23 heavy (non-hydrogen) atoms. The van der Waals surface area contributed by atoms with Gasteiger partial charge in [-0.2, -0.15) is 0 Å². The van der Waals surface area contributed by atoms with Crippen molar-refractivity contribution in [3.8, 4) is 11.3 Å². The number of rotatable bonds is 2. The van der Waals surface area contributed by atoms with Gasteiger partial charge in [0.25, 0.3) is 0 Å². The van der Waals surface area contributed by atoms with Gasteiger partial charge >= 0.3 is 0 Å². The van der Waals surface area contributed by atoms with Crippen molar-refractivity contribution >= 4 is 17.3 Å². The van der Waals surface area contributed by atoms with Gasteiger partial charge < -0.3 is 0 Å². The van der Waals surface area contributed by atoms with Crippen LogP contribution in [0.3, 0.4) is 0 Å². The molecule has 1 aromatic carbocycles. The van der Waals surface area contributed by atoms with Crippen LogP contribution in [-0.4, -0.2) is 16.2 Å². The molecule has 0 bridgehead atoms. The molecule has 118 valence electrons. The SMILES string of the molecule is CC.CSc1nc(C2=CCCC=C2)nc2c1Cc1ccccc1-2. The minimum atomic E-state index is 0.866. The van der Waals surface area contributed by atoms with Gasteiger partial charge in [0.1, 0.15) is 5.03 Å². The van der Waals surface area contributed by atoms with Crippen molar-refractivity contribution in [1.82, 2.24) is 9.97 Å². The summed E-state index contributed by atoms with van der Waals surface area (Å²) in [6, 6.07) is 8.56. The lowest BCUT2D eigenvalue weighted by Gasteiger charge is -2.11. The highest BCUT2D eigenvalue weighted by atomic mass is 32.2. The molecule has 1 heterocycles. The molecule has 0 spiro atoms. The smallest absolute Gasteiger partial charge is 0.160 e. The number of fused-ring (bicyclic) bond motifs is 3. The Morgan fingerprint density at radius 2 is 1.87 bits per heavy atom. The lowest BCUT2D eigenvalue weighted by atomic mass is 10.1. The average molecular weight is 322 g/mol. The first-order valence-corrected chi connectivity index (χ1v) is 9.49. The van der Waals surface area contributed by atoms with Crippen LogP contribution in [0.5, 0.6) is 0 Å². The summed E-state index contributed by atoms with van der Waals surface area (Å²) in [5.74, 6) is 0.866. The molecule has 0 amide bonds. The maximum absolute atomic E-state index is 4.88. The number of thioether (sulfide) groups is 1. The molecular weight excluding hydrogens is 300 g/mol. The lowest BCUT2D eigenvalue weighted by molar-refractivity contribution is 0.964. The molecule has 4 rings (SSSR count). The zero-order valence-corrected chi connectivity index (χ0v) is 14.8. The standard InChI is InChI=1S/C18H16N2S.C2H6/c1-21-18-15-11-13-9-5-6-10-14(13)16(15)19-17(20-18)12-7-3-2-4-8-12;1-2/h3,5-10H,2,4,11H2,1H3;1-2H3. The fourth-order valence-electron chi connectivity index (χ4n) is 3.02. The maximum atomic E-state index is 4.88. The summed E-state index contributed by atoms with van der Waals surface area (Å²) in [5, 5.41) is 1.12. The van der Waals surface area contributed by atoms with Gasteiger partial charge in [-0.25, -0.2) is 9.97 Å². The maximum Gasteiger partial charge on any atom is 0.160 e. The van der Waals surface area contributed by atoms with Crippen LogP contribution in [-0.2, 0) is 6.42 Å². The van der Waals surface area contributed by atoms with Gasteiger partial charge in [-0.1, -0.05) is 56.3 Å². The van der Waals surface area contributed by atoms with Crippen LogP contribution in [0.1, 0.15) is 43.6 Å². The van der Waals surface area contributed by atoms with E-state index < -0.39 is 0 Å². The van der Waals surface area contributed by atoms with E-state index in [0.29, 0.717) is 0 Å². The molecule has 0 unspecified atom stereocenters. The molecule has 0 saturated heterocycles. The van der Waals surface area contributed by atoms with Crippen molar-refractivity contribution < 1.29 is 0 Å². The molecule has 0 atom stereocenters. The third-order valence-corrected chi connectivity index (χ3v) is 4.78. The average Bonchev–Trinajstić information content (AvgIpc) is 3.02. The van der Waals surface area contributed by atoms with Crippen LogP contribution in [0.15, 0.2) is 47.5 Å². The minimum absolute atomic E-state index is 0.866. The van der Waals surface area contributed by atoms with Crippen molar-refractivity contribution in [2.24, 2.45) is 0 Å². The van der Waals surface area contributed by atoms with Crippen LogP contribution in [0.4, 0.5) is 0 Å². The zero-order chi connectivity index (χ0) is 16.2. The van der Waals surface area contributed by atoms with Crippen LogP contribution < -0.4 is 0 Å². The Bertz CT molecular complexity index is 775. The molecule has 3 heteroatoms. The van der Waals surface area contributed by atoms with E-state index in [2.05, 4.69) is 48.7 Å². The van der Waals surface area contributed by atoms with E-state index in [1.807, 2.05) is 13.8 Å². The highest BCUT2D eigenvalue weighted by molar-refractivity contribution is 7.98. The Kier molecular flexibility index (Phi) is 4.97. The Morgan fingerprint density at radius 3 is 2.61 bits per heavy atom. The van der Waals surface area contributed by atoms with Crippen molar-refractivity contribution in [3.05, 3.63) is 59.4 Å². The van der Waals surface area contributed by atoms with Crippen molar-refractivity contribution in [3.63, 3.8) is 0 Å². The van der Waals surface area contributed by atoms with Gasteiger partial charge in [0.05, 0.1) is 5.69 Å². The van der Waals surface area contributed by atoms with Gasteiger partial charge in [-0.3, -0.25) is 0 Å². The van der Waals surface area contributed by atoms with E-state index in [0.717, 1.165) is 41.4 Å². The number of nitrogens with zero attached hydrogens (tertiary/aromatic N) is 2. The van der Waals surface area contributed by atoms with Crippen LogP contribution in [0.2, 0.25) is 0 Å². The summed E-state index contributed by atoms with van der Waals surface area (Å²) in [5.41, 5.74) is 6.20. The van der Waals surface area contributed by atoms with E-state index in [1.165, 1.54) is 16.7 Å². The Balaban J connectivity index is 0.000000753. The highest BCUT2D eigenvalue weighted by Gasteiger charge is 2.24. The first-order chi connectivity index (χ1) is 11.4. The fourth-order valence-corrected chi connectivity index (χ4v) is 3.61. The second-order valence-electron chi connectivity index (χ2n) is 5.36. The van der Waals surface area contributed by atoms with Crippen LogP contribution in [0, 0.1) is 0 Å². The molecule has 0 fully saturated rings. The Morgan fingerprint density at radius 1 is 1.04 bits per heavy atom. The van der Waals surface area contributed by atoms with E-state index >= 15 is 0 Å². The molecule has 1 aromatic heterocycles. The monoisotopic (exact) mass is 322 g/mol. The third-order valence-electron chi connectivity index (χ3n) is 4.06. The Labute approximate surface area is 142 Å². The molecule has 0 aliphatic heterocycles. The van der Waals surface area contributed by atoms with Gasteiger partial charge in [-0.05, 0) is 24.7 Å². The lowest BCUT2D eigenvalue weighted by Crippen LogP contribution is -2.01. The highest BCUT2D eigenvalue weighted by Crippen LogP contribution is 2.39. The fraction of sp³-hybridized carbons (Fsp3) is 0.300. The van der Waals surface area contributed by atoms with Gasteiger partial charge in [-0.15, -0.1) is 11.8 Å². The van der Waals surface area contributed by atoms with E-state index in [-0.39, 0.29) is 0 Å². The van der Waals surface area contributed by atoms with Crippen molar-refractivity contribution in [2.75, 3.05) is 6.26 Å². The van der Waals surface area contributed by atoms with E-state index in [9.17, 15) is 0 Å². The molecule has 2 nitrogen and oxygen atoms in total. The van der Waals surface area contributed by atoms with E-state index in [1.54, 1.807) is 11.8 Å². The topological polar surface area (TPSA) is 25.8 Å². The molecule has 0 N–H and O–H groups in total. The predicted molar refractivity (Wildman–Crippen MR) is 99.8 cm³/mol. The van der Waals surface area contributed by atoms with Gasteiger partial charge in [0.15, 0.2) is 5.82 Å². The first kappa shape index (κ1) is 16.0. The summed E-state index contributed by atoms with van der Waals surface area (Å²) in [6.07, 6.45) is 11.9. The van der Waals surface area contributed by atoms with Crippen LogP contribution >= 0.6 is 11.8 Å². The summed E-state index contributed by atoms with van der Waals surface area (Å²) in [7, 11) is 0. The summed E-state index contributed by atoms with van der Waals surface area (Å²) in [4.78, 5) is 9.68. The van der Waals surface area contributed by atoms with Crippen molar-refractivity contribution in [1.29, 1.82) is 0 Å². The normalized spacial score (nSPS) is 14.5. The number of allylic oxidation sites excluding steroid dienone is 4. The van der Waals surface area contributed by atoms with E-state index in [4.69, 9.17) is 9.97 Å². The second-order valence-corrected chi connectivity index (χ2v) is 6.15. The molecule has 2 aliphatic rings. The summed E-state index contributed by atoms with van der Waals surface area (Å²) in [6.45, 7) is 4.00. The number of hydrogen-bond donors (Lipinski definition) is 0. The number of hydrogen-bond acceptors (Lipinski definition) is 3. The predicted octanol–water partition coefficient (Wildman–Crippen LogP) is 5.53. The quantitative estimate of drug-likeness (QED) is 0.458. The zero-order valence-electron chi connectivity index (χ0n) is 14.0. The summed E-state index contributed by atoms with van der Waals surface area (Å²) < 4.78 is 0. The second kappa shape index (κ2) is 7.14. The first-order valence-electron chi connectivity index (χ1n) is 8.27. The summed E-state index contributed by atoms with van der Waals surface area (Å²) >= 11 is 1.72. The molecule has 2 aliphatic carbocycles. The number of benzene rings is 1. The third kappa shape index (κ3) is 2.98. The molecule has 0 radical (unpaired) electrons. The van der Waals surface area contributed by atoms with Crippen LogP contribution in [0.25, 0.3) is 16.8 Å². The van der Waals surface area contributed by atoms with Crippen molar-refractivity contribution in [2.45, 2.75) is 38.1 Å². The van der Waals surface area contributed by atoms with Gasteiger partial charge in [0, 0.05) is 23.1 Å². The molecular formula is C20H22N2S. The van der Waals surface area contributed by atoms with Gasteiger partial charge in [0.2, 0.25) is 0 Å². The molecule has 2 aromatic rings. The minimum Gasteiger partial charge on any atom is -0.228 e. The largest absolute Gasteiger partial charge is 0.228 e. The number of aromatic nitrogens is 2.